The second-order valence-electron chi connectivity index (χ2n) is 5.74. The van der Waals surface area contributed by atoms with Crippen LogP contribution in [-0.2, 0) is 21.1 Å². The van der Waals surface area contributed by atoms with E-state index in [0.717, 1.165) is 24.9 Å². The van der Waals surface area contributed by atoms with E-state index >= 15 is 0 Å². The van der Waals surface area contributed by atoms with Gasteiger partial charge >= 0.3 is 12.1 Å². The molecule has 0 amide bonds. The molecule has 0 unspecified atom stereocenters. The average molecular weight is 472 g/mol. The number of carboxylic acids is 1. The molecule has 2 aromatic carbocycles. The molecule has 5 nitrogen and oxygen atoms in total. The summed E-state index contributed by atoms with van der Waals surface area (Å²) >= 11 is 11.9. The Kier molecular flexibility index (Phi) is 9.41. The van der Waals surface area contributed by atoms with Crippen LogP contribution < -0.4 is 5.32 Å². The molecule has 0 heterocycles. The van der Waals surface area contributed by atoms with E-state index in [1.165, 1.54) is 12.1 Å². The molecule has 0 aliphatic rings. The number of nitrogens with one attached hydrogen (secondary N) is 1. The van der Waals surface area contributed by atoms with Crippen LogP contribution in [0.3, 0.4) is 0 Å². The van der Waals surface area contributed by atoms with Gasteiger partial charge in [-0.2, -0.15) is 13.2 Å². The summed E-state index contributed by atoms with van der Waals surface area (Å²) in [6.07, 6.45) is -3.33. The third kappa shape index (κ3) is 7.85. The van der Waals surface area contributed by atoms with Crippen LogP contribution in [-0.4, -0.2) is 39.3 Å². The van der Waals surface area contributed by atoms with Crippen LogP contribution in [0.25, 0.3) is 0 Å². The summed E-state index contributed by atoms with van der Waals surface area (Å²) in [5.41, 5.74) is 0.981. The van der Waals surface area contributed by atoms with E-state index in [1.54, 1.807) is 24.3 Å². The molecule has 160 valence electrons. The summed E-state index contributed by atoms with van der Waals surface area (Å²) in [5, 5.41) is 10.7. The van der Waals surface area contributed by atoms with E-state index in [-0.39, 0.29) is 14.8 Å². The Bertz CT molecular complexity index is 950. The van der Waals surface area contributed by atoms with Gasteiger partial charge in [0, 0.05) is 5.02 Å². The second-order valence-corrected chi connectivity index (χ2v) is 8.50. The van der Waals surface area contributed by atoms with Crippen molar-refractivity contribution in [1.29, 1.82) is 0 Å². The quantitative estimate of drug-likeness (QED) is 0.600. The fourth-order valence-corrected chi connectivity index (χ4v) is 4.23. The lowest BCUT2D eigenvalue weighted by atomic mass is 10.1. The Morgan fingerprint density at radius 3 is 2.31 bits per heavy atom. The number of hydrogen-bond donors (Lipinski definition) is 2. The molecule has 0 aromatic heterocycles. The normalized spacial score (nSPS) is 11.5. The molecule has 29 heavy (non-hydrogen) atoms. The van der Waals surface area contributed by atoms with Gasteiger partial charge in [-0.05, 0) is 62.3 Å². The molecule has 0 aliphatic carbocycles. The zero-order valence-corrected chi connectivity index (χ0v) is 17.5. The van der Waals surface area contributed by atoms with Gasteiger partial charge in [-0.1, -0.05) is 35.3 Å². The van der Waals surface area contributed by atoms with Gasteiger partial charge in [0.2, 0.25) is 9.84 Å². The number of carbonyl (C=O) groups is 1. The van der Waals surface area contributed by atoms with Crippen LogP contribution in [0.1, 0.15) is 12.0 Å². The number of benzene rings is 2. The van der Waals surface area contributed by atoms with E-state index in [0.29, 0.717) is 5.02 Å². The summed E-state index contributed by atoms with van der Waals surface area (Å²) in [6, 6.07) is 11.4. The van der Waals surface area contributed by atoms with Crippen molar-refractivity contribution >= 4 is 39.0 Å². The zero-order chi connectivity index (χ0) is 22.2. The monoisotopic (exact) mass is 471 g/mol. The van der Waals surface area contributed by atoms with Crippen molar-refractivity contribution in [2.45, 2.75) is 28.8 Å². The van der Waals surface area contributed by atoms with Crippen LogP contribution in [0, 0.1) is 0 Å². The van der Waals surface area contributed by atoms with Crippen LogP contribution in [0.2, 0.25) is 10.0 Å². The molecule has 0 spiro atoms. The number of sulfone groups is 1. The Labute approximate surface area is 176 Å². The highest BCUT2D eigenvalue weighted by Gasteiger charge is 2.38. The minimum Gasteiger partial charge on any atom is -0.475 e. The van der Waals surface area contributed by atoms with Crippen molar-refractivity contribution in [2.24, 2.45) is 0 Å². The predicted octanol–water partition coefficient (Wildman–Crippen LogP) is 4.61. The number of aliphatic carboxylic acids is 1. The van der Waals surface area contributed by atoms with Crippen molar-refractivity contribution in [3.63, 3.8) is 0 Å². The first-order valence-electron chi connectivity index (χ1n) is 8.13. The molecule has 0 atom stereocenters. The number of hydrogen-bond acceptors (Lipinski definition) is 4. The van der Waals surface area contributed by atoms with Crippen LogP contribution >= 0.6 is 23.2 Å². The maximum atomic E-state index is 12.7. The molecule has 0 fully saturated rings. The van der Waals surface area contributed by atoms with E-state index < -0.39 is 22.0 Å². The highest BCUT2D eigenvalue weighted by Crippen LogP contribution is 2.30. The first-order valence-corrected chi connectivity index (χ1v) is 10.4. The largest absolute Gasteiger partial charge is 0.490 e. The van der Waals surface area contributed by atoms with E-state index in [9.17, 15) is 21.6 Å². The first-order chi connectivity index (χ1) is 13.4. The SMILES string of the molecule is CNCCCc1cccc(S(=O)(=O)c2cc(Cl)ccc2Cl)c1.O=C(O)C(F)(F)F. The van der Waals surface area contributed by atoms with Crippen molar-refractivity contribution in [3.05, 3.63) is 58.1 Å². The van der Waals surface area contributed by atoms with E-state index in [1.807, 2.05) is 13.1 Å². The third-order valence-corrected chi connectivity index (χ3v) is 5.99. The minimum atomic E-state index is -5.08. The zero-order valence-electron chi connectivity index (χ0n) is 15.1. The summed E-state index contributed by atoms with van der Waals surface area (Å²) in [6.45, 7) is 0.886. The Morgan fingerprint density at radius 2 is 1.76 bits per heavy atom. The summed E-state index contributed by atoms with van der Waals surface area (Å²) in [7, 11) is -1.79. The second kappa shape index (κ2) is 10.8. The molecule has 0 aliphatic heterocycles. The smallest absolute Gasteiger partial charge is 0.475 e. The number of alkyl halides is 3. The molecular weight excluding hydrogens is 454 g/mol. The fraction of sp³-hybridized carbons (Fsp3) is 0.278. The molecule has 0 bridgehead atoms. The van der Waals surface area contributed by atoms with Gasteiger partial charge in [0.15, 0.2) is 0 Å². The van der Waals surface area contributed by atoms with Gasteiger partial charge in [0.25, 0.3) is 0 Å². The molecule has 0 saturated carbocycles. The van der Waals surface area contributed by atoms with Crippen LogP contribution in [0.4, 0.5) is 13.2 Å². The Hall–Kier alpha value is -1.81. The summed E-state index contributed by atoms with van der Waals surface area (Å²) in [5.74, 6) is -2.76. The van der Waals surface area contributed by atoms with Crippen molar-refractivity contribution in [3.8, 4) is 0 Å². The maximum absolute atomic E-state index is 12.7. The minimum absolute atomic E-state index is 0.0361. The maximum Gasteiger partial charge on any atom is 0.490 e. The van der Waals surface area contributed by atoms with E-state index in [4.69, 9.17) is 33.1 Å². The summed E-state index contributed by atoms with van der Waals surface area (Å²) < 4.78 is 57.2. The van der Waals surface area contributed by atoms with Gasteiger partial charge in [-0.15, -0.1) is 0 Å². The van der Waals surface area contributed by atoms with Gasteiger partial charge in [0.05, 0.1) is 14.8 Å². The Balaban J connectivity index is 0.000000516. The number of rotatable bonds is 6. The fourth-order valence-electron chi connectivity index (χ4n) is 2.15. The first kappa shape index (κ1) is 25.2. The number of aryl methyl sites for hydroxylation is 1. The van der Waals surface area contributed by atoms with Gasteiger partial charge in [-0.3, -0.25) is 0 Å². The topological polar surface area (TPSA) is 83.5 Å². The average Bonchev–Trinajstić information content (AvgIpc) is 2.64. The lowest BCUT2D eigenvalue weighted by Crippen LogP contribution is -2.21. The Morgan fingerprint density at radius 1 is 1.14 bits per heavy atom. The number of halogens is 5. The number of carboxylic acid groups (broad SMARTS) is 1. The molecule has 11 heteroatoms. The van der Waals surface area contributed by atoms with E-state index in [2.05, 4.69) is 5.32 Å². The molecule has 2 aromatic rings. The lowest BCUT2D eigenvalue weighted by Gasteiger charge is -2.09. The van der Waals surface area contributed by atoms with Crippen LogP contribution in [0.15, 0.2) is 52.3 Å². The molecule has 2 rings (SSSR count). The van der Waals surface area contributed by atoms with Crippen molar-refractivity contribution < 1.29 is 31.5 Å². The van der Waals surface area contributed by atoms with Crippen molar-refractivity contribution in [1.82, 2.24) is 5.32 Å². The van der Waals surface area contributed by atoms with Gasteiger partial charge in [-0.25, -0.2) is 13.2 Å². The van der Waals surface area contributed by atoms with Crippen LogP contribution in [0.5, 0.6) is 0 Å². The highest BCUT2D eigenvalue weighted by molar-refractivity contribution is 7.91. The molecule has 0 saturated heterocycles. The molecular formula is C18H18Cl2F3NO4S. The standard InChI is InChI=1S/C16H17Cl2NO2S.C2HF3O2/c1-19-9-3-5-12-4-2-6-14(10-12)22(20,21)16-11-13(17)7-8-15(16)18;3-2(4,5)1(6)7/h2,4,6-8,10-11,19H,3,5,9H2,1H3;(H,6,7). The highest BCUT2D eigenvalue weighted by atomic mass is 35.5. The lowest BCUT2D eigenvalue weighted by molar-refractivity contribution is -0.192. The summed E-state index contributed by atoms with van der Waals surface area (Å²) in [4.78, 5) is 9.17. The van der Waals surface area contributed by atoms with Crippen molar-refractivity contribution in [2.75, 3.05) is 13.6 Å². The molecule has 0 radical (unpaired) electrons. The predicted molar refractivity (Wildman–Crippen MR) is 104 cm³/mol. The van der Waals surface area contributed by atoms with Gasteiger partial charge in [0.1, 0.15) is 0 Å². The molecule has 2 N–H and O–H groups in total. The van der Waals surface area contributed by atoms with Gasteiger partial charge < -0.3 is 10.4 Å². The third-order valence-electron chi connectivity index (χ3n) is 3.53.